The normalized spacial score (nSPS) is 26.8. The van der Waals surface area contributed by atoms with Crippen LogP contribution in [-0.4, -0.2) is 36.1 Å². The average molecular weight is 212 g/mol. The van der Waals surface area contributed by atoms with Crippen LogP contribution in [0.5, 0.6) is 0 Å². The van der Waals surface area contributed by atoms with Gasteiger partial charge >= 0.3 is 0 Å². The Labute approximate surface area is 95.4 Å². The SMILES string of the molecule is CCC(C)NCC(C)N1CCCC1CC. The third-order valence-corrected chi connectivity index (χ3v) is 3.83. The summed E-state index contributed by atoms with van der Waals surface area (Å²) in [4.78, 5) is 2.69. The van der Waals surface area contributed by atoms with Gasteiger partial charge in [-0.05, 0) is 46.1 Å². The Kier molecular flexibility index (Phi) is 5.62. The van der Waals surface area contributed by atoms with Gasteiger partial charge in [-0.1, -0.05) is 13.8 Å². The second-order valence-electron chi connectivity index (χ2n) is 5.01. The standard InChI is InChI=1S/C13H28N2/c1-5-11(3)14-10-12(4)15-9-7-8-13(15)6-2/h11-14H,5-10H2,1-4H3. The Morgan fingerprint density at radius 1 is 1.33 bits per heavy atom. The van der Waals surface area contributed by atoms with E-state index in [0.29, 0.717) is 12.1 Å². The smallest absolute Gasteiger partial charge is 0.0195 e. The van der Waals surface area contributed by atoms with Crippen molar-refractivity contribution < 1.29 is 0 Å². The molecule has 0 aromatic heterocycles. The van der Waals surface area contributed by atoms with E-state index in [0.717, 1.165) is 12.6 Å². The van der Waals surface area contributed by atoms with Crippen LogP contribution in [0.25, 0.3) is 0 Å². The summed E-state index contributed by atoms with van der Waals surface area (Å²) >= 11 is 0. The molecule has 1 saturated heterocycles. The van der Waals surface area contributed by atoms with Crippen molar-refractivity contribution in [3.8, 4) is 0 Å². The van der Waals surface area contributed by atoms with Gasteiger partial charge in [-0.2, -0.15) is 0 Å². The van der Waals surface area contributed by atoms with E-state index in [1.165, 1.54) is 32.2 Å². The van der Waals surface area contributed by atoms with E-state index >= 15 is 0 Å². The molecule has 3 unspecified atom stereocenters. The third-order valence-electron chi connectivity index (χ3n) is 3.83. The molecule has 0 amide bonds. The molecule has 3 atom stereocenters. The zero-order chi connectivity index (χ0) is 11.3. The lowest BCUT2D eigenvalue weighted by atomic mass is 10.1. The van der Waals surface area contributed by atoms with Crippen molar-refractivity contribution in [2.75, 3.05) is 13.1 Å². The van der Waals surface area contributed by atoms with Gasteiger partial charge in [0.1, 0.15) is 0 Å². The third kappa shape index (κ3) is 3.76. The molecule has 90 valence electrons. The maximum Gasteiger partial charge on any atom is 0.0195 e. The van der Waals surface area contributed by atoms with Crippen molar-refractivity contribution in [2.45, 2.75) is 71.5 Å². The first-order valence-electron chi connectivity index (χ1n) is 6.68. The van der Waals surface area contributed by atoms with Gasteiger partial charge in [-0.25, -0.2) is 0 Å². The van der Waals surface area contributed by atoms with Gasteiger partial charge in [0.2, 0.25) is 0 Å². The van der Waals surface area contributed by atoms with Gasteiger partial charge in [0, 0.05) is 24.7 Å². The van der Waals surface area contributed by atoms with E-state index in [1.54, 1.807) is 0 Å². The number of nitrogens with zero attached hydrogens (tertiary/aromatic N) is 1. The molecule has 2 heteroatoms. The molecule has 1 N–H and O–H groups in total. The van der Waals surface area contributed by atoms with Crippen LogP contribution in [0.3, 0.4) is 0 Å². The fraction of sp³-hybridized carbons (Fsp3) is 1.00. The van der Waals surface area contributed by atoms with E-state index in [1.807, 2.05) is 0 Å². The topological polar surface area (TPSA) is 15.3 Å². The minimum atomic E-state index is 0.662. The van der Waals surface area contributed by atoms with Crippen molar-refractivity contribution in [3.05, 3.63) is 0 Å². The minimum Gasteiger partial charge on any atom is -0.313 e. The van der Waals surface area contributed by atoms with Crippen LogP contribution in [-0.2, 0) is 0 Å². The Morgan fingerprint density at radius 2 is 2.07 bits per heavy atom. The largest absolute Gasteiger partial charge is 0.313 e. The molecule has 0 aliphatic carbocycles. The summed E-state index contributed by atoms with van der Waals surface area (Å²) in [6.07, 6.45) is 5.34. The monoisotopic (exact) mass is 212 g/mol. The second-order valence-corrected chi connectivity index (χ2v) is 5.01. The van der Waals surface area contributed by atoms with E-state index < -0.39 is 0 Å². The Balaban J connectivity index is 2.29. The lowest BCUT2D eigenvalue weighted by Crippen LogP contribution is -2.44. The molecule has 1 heterocycles. The van der Waals surface area contributed by atoms with Crippen LogP contribution >= 0.6 is 0 Å². The zero-order valence-electron chi connectivity index (χ0n) is 10.9. The van der Waals surface area contributed by atoms with Gasteiger partial charge < -0.3 is 5.32 Å². The summed E-state index contributed by atoms with van der Waals surface area (Å²) in [7, 11) is 0. The summed E-state index contributed by atoms with van der Waals surface area (Å²) in [6, 6.07) is 2.21. The molecule has 0 aromatic rings. The zero-order valence-corrected chi connectivity index (χ0v) is 10.9. The maximum absolute atomic E-state index is 3.61. The predicted octanol–water partition coefficient (Wildman–Crippen LogP) is 2.64. The van der Waals surface area contributed by atoms with E-state index in [9.17, 15) is 0 Å². The summed E-state index contributed by atoms with van der Waals surface area (Å²) < 4.78 is 0. The van der Waals surface area contributed by atoms with Crippen LogP contribution in [0.1, 0.15) is 53.4 Å². The van der Waals surface area contributed by atoms with Crippen molar-refractivity contribution in [3.63, 3.8) is 0 Å². The summed E-state index contributed by atoms with van der Waals surface area (Å²) in [5.41, 5.74) is 0. The first-order chi connectivity index (χ1) is 7.19. The van der Waals surface area contributed by atoms with Crippen LogP contribution in [0.15, 0.2) is 0 Å². The van der Waals surface area contributed by atoms with Crippen molar-refractivity contribution in [1.82, 2.24) is 10.2 Å². The van der Waals surface area contributed by atoms with Gasteiger partial charge in [-0.15, -0.1) is 0 Å². The highest BCUT2D eigenvalue weighted by molar-refractivity contribution is 4.83. The lowest BCUT2D eigenvalue weighted by molar-refractivity contribution is 0.180. The highest BCUT2D eigenvalue weighted by Crippen LogP contribution is 2.21. The highest BCUT2D eigenvalue weighted by atomic mass is 15.2. The average Bonchev–Trinajstić information content (AvgIpc) is 2.73. The van der Waals surface area contributed by atoms with E-state index in [-0.39, 0.29) is 0 Å². The molecular formula is C13H28N2. The van der Waals surface area contributed by atoms with Crippen LogP contribution in [0.2, 0.25) is 0 Å². The molecule has 1 aliphatic rings. The highest BCUT2D eigenvalue weighted by Gasteiger charge is 2.26. The number of hydrogen-bond acceptors (Lipinski definition) is 2. The molecule has 1 rings (SSSR count). The van der Waals surface area contributed by atoms with Gasteiger partial charge in [0.15, 0.2) is 0 Å². The lowest BCUT2D eigenvalue weighted by Gasteiger charge is -2.31. The van der Waals surface area contributed by atoms with Crippen LogP contribution in [0.4, 0.5) is 0 Å². The molecule has 2 nitrogen and oxygen atoms in total. The first kappa shape index (κ1) is 13.0. The maximum atomic E-state index is 3.61. The van der Waals surface area contributed by atoms with Crippen molar-refractivity contribution in [2.24, 2.45) is 0 Å². The number of rotatable bonds is 6. The van der Waals surface area contributed by atoms with Crippen molar-refractivity contribution >= 4 is 0 Å². The summed E-state index contributed by atoms with van der Waals surface area (Å²) in [5.74, 6) is 0. The van der Waals surface area contributed by atoms with Crippen LogP contribution in [0, 0.1) is 0 Å². The molecule has 15 heavy (non-hydrogen) atoms. The van der Waals surface area contributed by atoms with Crippen molar-refractivity contribution in [1.29, 1.82) is 0 Å². The molecule has 0 aromatic carbocycles. The molecule has 1 fully saturated rings. The number of nitrogens with one attached hydrogen (secondary N) is 1. The fourth-order valence-electron chi connectivity index (χ4n) is 2.51. The van der Waals surface area contributed by atoms with E-state index in [2.05, 4.69) is 37.9 Å². The fourth-order valence-corrected chi connectivity index (χ4v) is 2.51. The van der Waals surface area contributed by atoms with Gasteiger partial charge in [0.25, 0.3) is 0 Å². The first-order valence-corrected chi connectivity index (χ1v) is 6.68. The molecular weight excluding hydrogens is 184 g/mol. The van der Waals surface area contributed by atoms with Gasteiger partial charge in [0.05, 0.1) is 0 Å². The number of likely N-dealkylation sites (tertiary alicyclic amines) is 1. The van der Waals surface area contributed by atoms with Crippen LogP contribution < -0.4 is 5.32 Å². The predicted molar refractivity (Wildman–Crippen MR) is 67.2 cm³/mol. The second kappa shape index (κ2) is 6.49. The Morgan fingerprint density at radius 3 is 2.67 bits per heavy atom. The number of hydrogen-bond donors (Lipinski definition) is 1. The Bertz CT molecular complexity index is 170. The van der Waals surface area contributed by atoms with E-state index in [4.69, 9.17) is 0 Å². The molecule has 0 bridgehead atoms. The quantitative estimate of drug-likeness (QED) is 0.728. The summed E-state index contributed by atoms with van der Waals surface area (Å²) in [5, 5.41) is 3.61. The molecule has 0 radical (unpaired) electrons. The molecule has 0 spiro atoms. The minimum absolute atomic E-state index is 0.662. The molecule has 1 aliphatic heterocycles. The Hall–Kier alpha value is -0.0800. The molecule has 0 saturated carbocycles. The summed E-state index contributed by atoms with van der Waals surface area (Å²) in [6.45, 7) is 11.6. The van der Waals surface area contributed by atoms with Gasteiger partial charge in [-0.3, -0.25) is 4.90 Å².